The average molecular weight is 1170 g/mol. The van der Waals surface area contributed by atoms with E-state index in [1.165, 1.54) is 69.4 Å². The van der Waals surface area contributed by atoms with Crippen LogP contribution in [-0.4, -0.2) is 38.1 Å². The zero-order chi connectivity index (χ0) is 61.8. The van der Waals surface area contributed by atoms with Gasteiger partial charge in [-0.1, -0.05) is 230 Å². The normalized spacial score (nSPS) is 11.0. The molecule has 6 nitrogen and oxygen atoms in total. The first-order valence-corrected chi connectivity index (χ1v) is 31.5. The lowest BCUT2D eigenvalue weighted by Crippen LogP contribution is -1.98. The molecule has 0 aliphatic rings. The standard InChI is InChI=1S/C27H37FO2.C20H22O.C18H20O2.C15H14O/c1-3-5-7-8-9-11-21-30-26-19-16-24(27(28)22-26)15-12-23-13-17-25(18-14-23)29-20-10-6-4-2;1-3-5-6-17-7-9-18(10-8-17)11-12-19-13-15-20(16-14-19)21-4-2;1-3-19-17-11-7-15(8-12-17)5-6-16-9-13-18(14-10-16)20-4-2;16-15(14-9-5-2-6-10-14)12-11-13-7-3-1-4-8-13/h12-19,22H,3-11,20-21H2,1-2H3;7-10,13-16H,3-6H2,1-2H3;5-14H,3-4H2,1-2H3;1-12,15-16H/b15-12+;;6-5+;12-11+. The van der Waals surface area contributed by atoms with E-state index in [4.69, 9.17) is 23.7 Å². The van der Waals surface area contributed by atoms with Gasteiger partial charge in [0.2, 0.25) is 0 Å². The Labute approximate surface area is 521 Å². The molecule has 0 bridgehead atoms. The largest absolute Gasteiger partial charge is 0.494 e. The van der Waals surface area contributed by atoms with Crippen molar-refractivity contribution in [1.29, 1.82) is 0 Å². The second kappa shape index (κ2) is 43.1. The average Bonchev–Trinajstić information content (AvgIpc) is 3.60. The van der Waals surface area contributed by atoms with Crippen LogP contribution in [0.15, 0.2) is 206 Å². The molecule has 0 aromatic heterocycles. The molecule has 8 aromatic rings. The van der Waals surface area contributed by atoms with Gasteiger partial charge in [0.15, 0.2) is 0 Å². The third-order valence-corrected chi connectivity index (χ3v) is 13.6. The Morgan fingerprint density at radius 3 is 1.26 bits per heavy atom. The third kappa shape index (κ3) is 29.4. The molecule has 0 saturated carbocycles. The maximum absolute atomic E-state index is 14.4. The molecule has 1 unspecified atom stereocenters. The maximum atomic E-state index is 14.4. The number of aryl methyl sites for hydroxylation is 1. The highest BCUT2D eigenvalue weighted by Crippen LogP contribution is 2.22. The Morgan fingerprint density at radius 2 is 0.770 bits per heavy atom. The number of unbranched alkanes of at least 4 members (excludes halogenated alkanes) is 8. The van der Waals surface area contributed by atoms with Crippen LogP contribution in [0, 0.1) is 17.7 Å². The fourth-order valence-electron chi connectivity index (χ4n) is 8.69. The first-order valence-electron chi connectivity index (χ1n) is 31.5. The van der Waals surface area contributed by atoms with Crippen LogP contribution in [0.4, 0.5) is 4.39 Å². The summed E-state index contributed by atoms with van der Waals surface area (Å²) in [6.07, 6.45) is 25.5. The zero-order valence-electron chi connectivity index (χ0n) is 52.5. The van der Waals surface area contributed by atoms with Crippen LogP contribution in [0.2, 0.25) is 0 Å². The van der Waals surface area contributed by atoms with Gasteiger partial charge < -0.3 is 28.8 Å². The second-order valence-electron chi connectivity index (χ2n) is 20.7. The van der Waals surface area contributed by atoms with Crippen molar-refractivity contribution in [3.8, 4) is 40.6 Å². The van der Waals surface area contributed by atoms with Crippen molar-refractivity contribution < 1.29 is 33.2 Å². The SMILES string of the molecule is CCCCCCCCOc1ccc(/C=C/c2ccc(OCCCCC)cc2)c(F)c1.CCCCc1ccc(C#Cc2ccc(OCC)cc2)cc1.CCOc1ccc(/C=C/c2ccc(OCC)cc2)cc1.OC(/C=C/c1ccccc1)c1ccccc1. The van der Waals surface area contributed by atoms with Crippen molar-refractivity contribution in [2.45, 2.75) is 125 Å². The summed E-state index contributed by atoms with van der Waals surface area (Å²) in [6, 6.07) is 65.2. The highest BCUT2D eigenvalue weighted by atomic mass is 19.1. The molecule has 0 spiro atoms. The van der Waals surface area contributed by atoms with Crippen molar-refractivity contribution in [3.63, 3.8) is 0 Å². The number of rotatable bonds is 29. The number of benzene rings is 8. The van der Waals surface area contributed by atoms with Crippen molar-refractivity contribution in [3.05, 3.63) is 262 Å². The minimum Gasteiger partial charge on any atom is -0.494 e. The number of halogens is 1. The zero-order valence-corrected chi connectivity index (χ0v) is 52.5. The maximum Gasteiger partial charge on any atom is 0.134 e. The van der Waals surface area contributed by atoms with Crippen LogP contribution >= 0.6 is 0 Å². The topological polar surface area (TPSA) is 66.4 Å². The van der Waals surface area contributed by atoms with Gasteiger partial charge in [-0.25, -0.2) is 4.39 Å². The van der Waals surface area contributed by atoms with Gasteiger partial charge in [0, 0.05) is 22.8 Å². The van der Waals surface area contributed by atoms with Crippen molar-refractivity contribution in [2.24, 2.45) is 0 Å². The summed E-state index contributed by atoms with van der Waals surface area (Å²) in [7, 11) is 0. The van der Waals surface area contributed by atoms with Gasteiger partial charge in [-0.15, -0.1) is 0 Å². The Bertz CT molecular complexity index is 3140. The predicted molar refractivity (Wildman–Crippen MR) is 365 cm³/mol. The minimum atomic E-state index is -0.540. The lowest BCUT2D eigenvalue weighted by atomic mass is 10.1. The predicted octanol–water partition coefficient (Wildman–Crippen LogP) is 21.2. The van der Waals surface area contributed by atoms with E-state index >= 15 is 0 Å². The summed E-state index contributed by atoms with van der Waals surface area (Å²) in [5.74, 6) is 10.3. The van der Waals surface area contributed by atoms with Crippen LogP contribution in [0.25, 0.3) is 30.4 Å². The van der Waals surface area contributed by atoms with Crippen molar-refractivity contribution >= 4 is 30.4 Å². The Balaban J connectivity index is 0.000000217. The second-order valence-corrected chi connectivity index (χ2v) is 20.7. The fourth-order valence-corrected chi connectivity index (χ4v) is 8.69. The quantitative estimate of drug-likeness (QED) is 0.0286. The van der Waals surface area contributed by atoms with Gasteiger partial charge in [-0.05, 0) is 165 Å². The first-order chi connectivity index (χ1) is 42.7. The lowest BCUT2D eigenvalue weighted by molar-refractivity contribution is 0.229. The van der Waals surface area contributed by atoms with Crippen molar-refractivity contribution in [1.82, 2.24) is 0 Å². The van der Waals surface area contributed by atoms with Crippen LogP contribution in [0.5, 0.6) is 28.7 Å². The highest BCUT2D eigenvalue weighted by Gasteiger charge is 2.04. The molecule has 0 radical (unpaired) electrons. The van der Waals surface area contributed by atoms with Gasteiger partial charge >= 0.3 is 0 Å². The molecule has 0 amide bonds. The molecule has 0 aliphatic carbocycles. The molecule has 0 fully saturated rings. The summed E-state index contributed by atoms with van der Waals surface area (Å²) >= 11 is 0. The van der Waals surface area contributed by atoms with Crippen LogP contribution in [0.3, 0.4) is 0 Å². The van der Waals surface area contributed by atoms with E-state index in [0.717, 1.165) is 87.8 Å². The first kappa shape index (κ1) is 69.2. The molecular weight excluding hydrogens is 1080 g/mol. The highest BCUT2D eigenvalue weighted by molar-refractivity contribution is 5.71. The van der Waals surface area contributed by atoms with Gasteiger partial charge in [0.25, 0.3) is 0 Å². The van der Waals surface area contributed by atoms with E-state index < -0.39 is 6.10 Å². The van der Waals surface area contributed by atoms with Gasteiger partial charge in [0.05, 0.1) is 39.1 Å². The molecule has 87 heavy (non-hydrogen) atoms. The fraction of sp³-hybridized carbons (Fsp3) is 0.300. The summed E-state index contributed by atoms with van der Waals surface area (Å²) in [6.45, 7) is 16.1. The molecule has 1 N–H and O–H groups in total. The van der Waals surface area contributed by atoms with Crippen LogP contribution < -0.4 is 23.7 Å². The summed E-state index contributed by atoms with van der Waals surface area (Å²) in [4.78, 5) is 0. The summed E-state index contributed by atoms with van der Waals surface area (Å²) in [5.41, 5.74) is 9.35. The van der Waals surface area contributed by atoms with Crippen LogP contribution in [-0.2, 0) is 6.42 Å². The number of hydrogen-bond acceptors (Lipinski definition) is 6. The van der Waals surface area contributed by atoms with E-state index in [1.54, 1.807) is 18.2 Å². The molecule has 0 heterocycles. The molecule has 7 heteroatoms. The molecule has 8 aromatic carbocycles. The molecule has 1 atom stereocenters. The molecule has 8 rings (SSSR count). The van der Waals surface area contributed by atoms with E-state index in [1.807, 2.05) is 172 Å². The number of aliphatic hydroxyl groups is 1. The molecular formula is C80H93FO6. The smallest absolute Gasteiger partial charge is 0.134 e. The van der Waals surface area contributed by atoms with Gasteiger partial charge in [-0.3, -0.25) is 0 Å². The van der Waals surface area contributed by atoms with E-state index in [9.17, 15) is 9.50 Å². The van der Waals surface area contributed by atoms with Gasteiger partial charge in [-0.2, -0.15) is 0 Å². The molecule has 0 saturated heterocycles. The Hall–Kier alpha value is -8.57. The van der Waals surface area contributed by atoms with E-state index in [2.05, 4.69) is 93.3 Å². The monoisotopic (exact) mass is 1170 g/mol. The Morgan fingerprint density at radius 1 is 0.379 bits per heavy atom. The van der Waals surface area contributed by atoms with E-state index in [-0.39, 0.29) is 5.82 Å². The van der Waals surface area contributed by atoms with E-state index in [0.29, 0.717) is 37.7 Å². The molecule has 0 aliphatic heterocycles. The summed E-state index contributed by atoms with van der Waals surface area (Å²) < 4.78 is 42.1. The van der Waals surface area contributed by atoms with Crippen LogP contribution in [0.1, 0.15) is 168 Å². The summed E-state index contributed by atoms with van der Waals surface area (Å²) in [5, 5.41) is 9.90. The van der Waals surface area contributed by atoms with Gasteiger partial charge in [0.1, 0.15) is 34.6 Å². The molecule has 456 valence electrons. The van der Waals surface area contributed by atoms with Crippen molar-refractivity contribution in [2.75, 3.05) is 33.0 Å². The minimum absolute atomic E-state index is 0.262. The Kier molecular flexibility index (Phi) is 34.3. The number of ether oxygens (including phenoxy) is 5. The number of aliphatic hydroxyl groups excluding tert-OH is 1. The number of hydrogen-bond donors (Lipinski definition) is 1. The third-order valence-electron chi connectivity index (χ3n) is 13.6. The lowest BCUT2D eigenvalue weighted by Gasteiger charge is -2.07.